The molecular weight excluding hydrogens is 234 g/mol. The second-order valence-corrected chi connectivity index (χ2v) is 4.19. The van der Waals surface area contributed by atoms with Crippen LogP contribution in [0.4, 0.5) is 0 Å². The smallest absolute Gasteiger partial charge is 0.308 e. The molecule has 1 aromatic heterocycles. The molecule has 0 bridgehead atoms. The molecule has 0 radical (unpaired) electrons. The summed E-state index contributed by atoms with van der Waals surface area (Å²) in [5.74, 6) is -0.251. The van der Waals surface area contributed by atoms with Crippen molar-refractivity contribution in [2.75, 3.05) is 6.54 Å². The molecule has 1 aromatic carbocycles. The van der Waals surface area contributed by atoms with Crippen molar-refractivity contribution in [3.63, 3.8) is 0 Å². The Morgan fingerprint density at radius 2 is 2.17 bits per heavy atom. The van der Waals surface area contributed by atoms with Gasteiger partial charge in [-0.25, -0.2) is 0 Å². The number of nitrogens with zero attached hydrogens (tertiary/aromatic N) is 3. The van der Waals surface area contributed by atoms with Gasteiger partial charge in [0.2, 0.25) is 5.69 Å². The number of rotatable bonds is 2. The van der Waals surface area contributed by atoms with Crippen molar-refractivity contribution in [2.24, 2.45) is 0 Å². The van der Waals surface area contributed by atoms with Gasteiger partial charge in [0.05, 0.1) is 5.16 Å². The highest BCUT2D eigenvalue weighted by Gasteiger charge is 2.34. The molecule has 0 aliphatic carbocycles. The zero-order chi connectivity index (χ0) is 12.5. The van der Waals surface area contributed by atoms with Crippen molar-refractivity contribution in [3.8, 4) is 0 Å². The fraction of sp³-hybridized carbons (Fsp3) is 0.250. The van der Waals surface area contributed by atoms with Crippen molar-refractivity contribution in [1.82, 2.24) is 10.1 Å². The number of fused-ring (bicyclic) bond motifs is 1. The topological polar surface area (TPSA) is 73.3 Å². The lowest BCUT2D eigenvalue weighted by Gasteiger charge is -2.23. The van der Waals surface area contributed by atoms with Gasteiger partial charge < -0.3 is 10.1 Å². The number of benzene rings is 1. The van der Waals surface area contributed by atoms with Crippen molar-refractivity contribution in [1.29, 1.82) is 0 Å². The summed E-state index contributed by atoms with van der Waals surface area (Å²) in [7, 11) is 0. The van der Waals surface area contributed by atoms with Crippen LogP contribution in [0, 0.1) is 5.21 Å². The third-order valence-corrected chi connectivity index (χ3v) is 3.02. The van der Waals surface area contributed by atoms with Gasteiger partial charge in [-0.15, -0.1) is 0 Å². The molecule has 6 nitrogen and oxygen atoms in total. The highest BCUT2D eigenvalue weighted by molar-refractivity contribution is 5.93. The van der Waals surface area contributed by atoms with E-state index in [9.17, 15) is 10.0 Å². The average molecular weight is 245 g/mol. The summed E-state index contributed by atoms with van der Waals surface area (Å²) < 4.78 is 4.45. The van der Waals surface area contributed by atoms with E-state index in [1.54, 1.807) is 4.90 Å². The number of carbonyl (C=O) groups excluding carboxylic acids is 1. The summed E-state index contributed by atoms with van der Waals surface area (Å²) in [6.45, 7) is 1.02. The Kier molecular flexibility index (Phi) is 2.47. The van der Waals surface area contributed by atoms with Crippen LogP contribution in [0.5, 0.6) is 0 Å². The first-order chi connectivity index (χ1) is 8.75. The first-order valence-corrected chi connectivity index (χ1v) is 5.67. The Morgan fingerprint density at radius 3 is 2.94 bits per heavy atom. The maximum absolute atomic E-state index is 12.1. The molecule has 2 heterocycles. The third kappa shape index (κ3) is 1.71. The Hall–Kier alpha value is -2.37. The predicted molar refractivity (Wildman–Crippen MR) is 60.3 cm³/mol. The van der Waals surface area contributed by atoms with Crippen LogP contribution >= 0.6 is 0 Å². The fourth-order valence-corrected chi connectivity index (χ4v) is 2.09. The highest BCUT2D eigenvalue weighted by Crippen LogP contribution is 2.16. The summed E-state index contributed by atoms with van der Waals surface area (Å²) in [5, 5.41) is 14.7. The van der Waals surface area contributed by atoms with E-state index in [1.165, 1.54) is 0 Å². The summed E-state index contributed by atoms with van der Waals surface area (Å²) in [5.41, 5.74) is 1.50. The molecule has 18 heavy (non-hydrogen) atoms. The summed E-state index contributed by atoms with van der Waals surface area (Å²) in [6.07, 6.45) is 0.473. The van der Waals surface area contributed by atoms with Crippen LogP contribution in [0.15, 0.2) is 35.0 Å². The Labute approximate surface area is 103 Å². The second kappa shape index (κ2) is 4.14. The number of aromatic nitrogens is 2. The van der Waals surface area contributed by atoms with Crippen molar-refractivity contribution >= 4 is 5.91 Å². The summed E-state index contributed by atoms with van der Waals surface area (Å²) in [4.78, 5) is 14.1. The quantitative estimate of drug-likeness (QED) is 0.722. The van der Waals surface area contributed by atoms with E-state index in [0.29, 0.717) is 30.1 Å². The van der Waals surface area contributed by atoms with Gasteiger partial charge in [-0.05, 0) is 10.5 Å². The largest absolute Gasteiger partial charge is 0.359 e. The maximum Gasteiger partial charge on any atom is 0.308 e. The lowest BCUT2D eigenvalue weighted by molar-refractivity contribution is -0.807. The predicted octanol–water partition coefficient (Wildman–Crippen LogP) is 0.506. The molecule has 92 valence electrons. The lowest BCUT2D eigenvalue weighted by Crippen LogP contribution is -2.41. The standard InChI is InChI=1S/C12H11N3O3/c16-12-11-10(15(17)18-13-11)6-7-14(12)8-9-4-2-1-3-5-9/h1-5H,6-8H2. The van der Waals surface area contributed by atoms with Gasteiger partial charge in [-0.1, -0.05) is 30.3 Å². The van der Waals surface area contributed by atoms with Crippen molar-refractivity contribution in [3.05, 3.63) is 52.5 Å². The molecular formula is C12H11N3O3. The van der Waals surface area contributed by atoms with Crippen molar-refractivity contribution < 1.29 is 14.3 Å². The number of amides is 1. The molecule has 0 N–H and O–H groups in total. The minimum Gasteiger partial charge on any atom is -0.359 e. The van der Waals surface area contributed by atoms with Crippen LogP contribution in [0.3, 0.4) is 0 Å². The van der Waals surface area contributed by atoms with Crippen LogP contribution < -0.4 is 4.90 Å². The van der Waals surface area contributed by atoms with E-state index >= 15 is 0 Å². The third-order valence-electron chi connectivity index (χ3n) is 3.02. The Balaban J connectivity index is 1.83. The number of hydrogen-bond acceptors (Lipinski definition) is 4. The highest BCUT2D eigenvalue weighted by atomic mass is 16.8. The second-order valence-electron chi connectivity index (χ2n) is 4.19. The van der Waals surface area contributed by atoms with E-state index in [1.807, 2.05) is 30.3 Å². The van der Waals surface area contributed by atoms with E-state index in [0.717, 1.165) is 5.56 Å². The average Bonchev–Trinajstić information content (AvgIpc) is 2.77. The van der Waals surface area contributed by atoms with Crippen LogP contribution in [0.2, 0.25) is 0 Å². The molecule has 2 aromatic rings. The molecule has 1 amide bonds. The first-order valence-electron chi connectivity index (χ1n) is 5.67. The molecule has 0 atom stereocenters. The summed E-state index contributed by atoms with van der Waals surface area (Å²) in [6, 6.07) is 9.70. The minimum absolute atomic E-state index is 0.132. The van der Waals surface area contributed by atoms with Gasteiger partial charge >= 0.3 is 11.6 Å². The van der Waals surface area contributed by atoms with Gasteiger partial charge in [0.15, 0.2) is 0 Å². The molecule has 0 spiro atoms. The van der Waals surface area contributed by atoms with E-state index in [2.05, 4.69) is 9.79 Å². The van der Waals surface area contributed by atoms with Crippen LogP contribution in [0.25, 0.3) is 0 Å². The fourth-order valence-electron chi connectivity index (χ4n) is 2.09. The van der Waals surface area contributed by atoms with Gasteiger partial charge in [0.25, 0.3) is 0 Å². The van der Waals surface area contributed by atoms with Gasteiger partial charge in [-0.2, -0.15) is 0 Å². The normalized spacial score (nSPS) is 14.7. The number of carbonyl (C=O) groups is 1. The van der Waals surface area contributed by atoms with Crippen LogP contribution in [-0.4, -0.2) is 22.5 Å². The van der Waals surface area contributed by atoms with Gasteiger partial charge in [0.1, 0.15) is 0 Å². The lowest BCUT2D eigenvalue weighted by atomic mass is 10.1. The first kappa shape index (κ1) is 10.8. The molecule has 1 aliphatic heterocycles. The molecule has 6 heteroatoms. The summed E-state index contributed by atoms with van der Waals surface area (Å²) >= 11 is 0. The Bertz CT molecular complexity index is 580. The molecule has 0 fully saturated rings. The van der Waals surface area contributed by atoms with Crippen LogP contribution in [-0.2, 0) is 13.0 Å². The zero-order valence-electron chi connectivity index (χ0n) is 9.57. The minimum atomic E-state index is -0.251. The van der Waals surface area contributed by atoms with Gasteiger partial charge in [0, 0.05) is 19.5 Å². The van der Waals surface area contributed by atoms with Crippen molar-refractivity contribution in [2.45, 2.75) is 13.0 Å². The van der Waals surface area contributed by atoms with E-state index < -0.39 is 0 Å². The SMILES string of the molecule is O=C1c2no[n+]([O-])c2CCN1Cc1ccccc1. The van der Waals surface area contributed by atoms with E-state index in [-0.39, 0.29) is 11.6 Å². The molecule has 0 saturated carbocycles. The number of hydrogen-bond donors (Lipinski definition) is 0. The zero-order valence-corrected chi connectivity index (χ0v) is 9.57. The van der Waals surface area contributed by atoms with Gasteiger partial charge in [-0.3, -0.25) is 9.42 Å². The molecule has 0 saturated heterocycles. The van der Waals surface area contributed by atoms with Crippen LogP contribution in [0.1, 0.15) is 21.7 Å². The molecule has 1 aliphatic rings. The molecule has 3 rings (SSSR count). The molecule has 0 unspecified atom stereocenters. The van der Waals surface area contributed by atoms with E-state index in [4.69, 9.17) is 0 Å². The Morgan fingerprint density at radius 1 is 1.39 bits per heavy atom. The monoisotopic (exact) mass is 245 g/mol. The maximum atomic E-state index is 12.1.